The number of aromatic nitrogens is 1. The molecule has 0 spiro atoms. The molecule has 0 bridgehead atoms. The molecule has 0 aliphatic carbocycles. The first-order valence-corrected chi connectivity index (χ1v) is 6.23. The van der Waals surface area contributed by atoms with E-state index < -0.39 is 11.9 Å². The topological polar surface area (TPSA) is 105 Å². The number of amides is 1. The number of nitrogens with two attached hydrogens (primary N) is 1. The predicted octanol–water partition coefficient (Wildman–Crippen LogP) is 1.61. The highest BCUT2D eigenvalue weighted by molar-refractivity contribution is 6.01. The van der Waals surface area contributed by atoms with Gasteiger partial charge in [0.15, 0.2) is 0 Å². The number of para-hydroxylation sites is 1. The van der Waals surface area contributed by atoms with Gasteiger partial charge in [-0.25, -0.2) is 4.98 Å². The zero-order valence-electron chi connectivity index (χ0n) is 10.8. The first kappa shape index (κ1) is 13.8. The second-order valence-corrected chi connectivity index (χ2v) is 4.37. The Labute approximate surface area is 115 Å². The van der Waals surface area contributed by atoms with Gasteiger partial charge in [-0.05, 0) is 18.6 Å². The van der Waals surface area contributed by atoms with Crippen molar-refractivity contribution in [2.45, 2.75) is 12.8 Å². The summed E-state index contributed by atoms with van der Waals surface area (Å²) in [4.78, 5) is 26.3. The van der Waals surface area contributed by atoms with E-state index in [4.69, 9.17) is 10.8 Å². The lowest BCUT2D eigenvalue weighted by Gasteiger charge is -2.10. The number of carbonyl (C=O) groups is 2. The number of nitrogens with one attached hydrogen (secondary N) is 1. The van der Waals surface area contributed by atoms with Gasteiger partial charge in [0.2, 0.25) is 0 Å². The molecule has 0 saturated carbocycles. The number of aliphatic carboxylic acids is 1. The third-order valence-corrected chi connectivity index (χ3v) is 2.85. The molecule has 1 heterocycles. The summed E-state index contributed by atoms with van der Waals surface area (Å²) in [6.07, 6.45) is 0.508. The highest BCUT2D eigenvalue weighted by Crippen LogP contribution is 2.20. The Bertz CT molecular complexity index is 655. The van der Waals surface area contributed by atoms with Crippen LogP contribution in [-0.2, 0) is 4.79 Å². The Morgan fingerprint density at radius 1 is 1.30 bits per heavy atom. The van der Waals surface area contributed by atoms with Crippen molar-refractivity contribution < 1.29 is 14.7 Å². The molecule has 1 aromatic heterocycles. The van der Waals surface area contributed by atoms with Crippen molar-refractivity contribution in [3.8, 4) is 0 Å². The normalized spacial score (nSPS) is 10.4. The van der Waals surface area contributed by atoms with Gasteiger partial charge >= 0.3 is 5.97 Å². The van der Waals surface area contributed by atoms with Crippen LogP contribution in [0.25, 0.3) is 10.9 Å². The number of carboxylic acid groups (broad SMARTS) is 1. The molecule has 0 atom stereocenters. The largest absolute Gasteiger partial charge is 0.481 e. The Balaban J connectivity index is 2.23. The van der Waals surface area contributed by atoms with E-state index in [-0.39, 0.29) is 6.42 Å². The summed E-state index contributed by atoms with van der Waals surface area (Å²) in [5, 5.41) is 12.4. The molecule has 104 valence electrons. The first-order valence-electron chi connectivity index (χ1n) is 6.23. The zero-order valence-corrected chi connectivity index (χ0v) is 10.8. The number of anilines is 1. The summed E-state index contributed by atoms with van der Waals surface area (Å²) in [6.45, 7) is 0.415. The average molecular weight is 273 g/mol. The molecule has 0 radical (unpaired) electrons. The Morgan fingerprint density at radius 3 is 2.75 bits per heavy atom. The third kappa shape index (κ3) is 3.23. The van der Waals surface area contributed by atoms with Crippen molar-refractivity contribution in [3.05, 3.63) is 35.9 Å². The lowest BCUT2D eigenvalue weighted by molar-refractivity contribution is -0.137. The van der Waals surface area contributed by atoms with Crippen LogP contribution in [-0.4, -0.2) is 28.5 Å². The van der Waals surface area contributed by atoms with Crippen molar-refractivity contribution in [1.82, 2.24) is 4.98 Å². The number of benzene rings is 1. The number of hydrogen-bond donors (Lipinski definition) is 3. The quantitative estimate of drug-likeness (QED) is 0.693. The standard InChI is InChI=1S/C14H15N3O3/c15-13(20)10-8-9-4-1-2-5-11(9)17-14(10)16-7-3-6-12(18)19/h1-2,4-5,8H,3,6-7H2,(H2,15,20)(H,16,17)(H,18,19). The van der Waals surface area contributed by atoms with E-state index >= 15 is 0 Å². The van der Waals surface area contributed by atoms with Gasteiger partial charge in [0.05, 0.1) is 11.1 Å². The lowest BCUT2D eigenvalue weighted by Crippen LogP contribution is -2.16. The van der Waals surface area contributed by atoms with E-state index in [0.29, 0.717) is 24.3 Å². The number of hydrogen-bond acceptors (Lipinski definition) is 4. The fourth-order valence-corrected chi connectivity index (χ4v) is 1.88. The van der Waals surface area contributed by atoms with Gasteiger partial charge < -0.3 is 16.2 Å². The van der Waals surface area contributed by atoms with Gasteiger partial charge in [-0.3, -0.25) is 9.59 Å². The summed E-state index contributed by atoms with van der Waals surface area (Å²) < 4.78 is 0. The maximum Gasteiger partial charge on any atom is 0.303 e. The molecule has 1 aromatic carbocycles. The van der Waals surface area contributed by atoms with E-state index in [1.54, 1.807) is 6.07 Å². The minimum Gasteiger partial charge on any atom is -0.481 e. The van der Waals surface area contributed by atoms with Crippen LogP contribution in [0.2, 0.25) is 0 Å². The van der Waals surface area contributed by atoms with Crippen LogP contribution >= 0.6 is 0 Å². The summed E-state index contributed by atoms with van der Waals surface area (Å²) in [6, 6.07) is 9.08. The number of carboxylic acids is 1. The minimum atomic E-state index is -0.853. The molecule has 0 aliphatic rings. The molecule has 6 nitrogen and oxygen atoms in total. The lowest BCUT2D eigenvalue weighted by atomic mass is 10.1. The van der Waals surface area contributed by atoms with Crippen molar-refractivity contribution >= 4 is 28.6 Å². The van der Waals surface area contributed by atoms with Crippen molar-refractivity contribution in [1.29, 1.82) is 0 Å². The molecule has 0 aliphatic heterocycles. The van der Waals surface area contributed by atoms with Crippen LogP contribution in [0, 0.1) is 0 Å². The fourth-order valence-electron chi connectivity index (χ4n) is 1.88. The SMILES string of the molecule is NC(=O)c1cc2ccccc2nc1NCCCC(=O)O. The Morgan fingerprint density at radius 2 is 2.05 bits per heavy atom. The summed E-state index contributed by atoms with van der Waals surface area (Å²) in [7, 11) is 0. The molecule has 0 unspecified atom stereocenters. The van der Waals surface area contributed by atoms with Gasteiger partial charge in [-0.1, -0.05) is 18.2 Å². The minimum absolute atomic E-state index is 0.0620. The highest BCUT2D eigenvalue weighted by atomic mass is 16.4. The van der Waals surface area contributed by atoms with E-state index in [2.05, 4.69) is 10.3 Å². The van der Waals surface area contributed by atoms with E-state index in [1.165, 1.54) is 0 Å². The molecule has 20 heavy (non-hydrogen) atoms. The van der Waals surface area contributed by atoms with Crippen LogP contribution in [0.3, 0.4) is 0 Å². The second kappa shape index (κ2) is 6.01. The summed E-state index contributed by atoms with van der Waals surface area (Å²) in [5.41, 5.74) is 6.40. The molecule has 1 amide bonds. The van der Waals surface area contributed by atoms with Crippen LogP contribution in [0.4, 0.5) is 5.82 Å². The predicted molar refractivity (Wildman–Crippen MR) is 75.6 cm³/mol. The van der Waals surface area contributed by atoms with Crippen LogP contribution in [0.5, 0.6) is 0 Å². The van der Waals surface area contributed by atoms with Crippen molar-refractivity contribution in [3.63, 3.8) is 0 Å². The molecular weight excluding hydrogens is 258 g/mol. The first-order chi connectivity index (χ1) is 9.58. The molecule has 0 saturated heterocycles. The number of nitrogens with zero attached hydrogens (tertiary/aromatic N) is 1. The van der Waals surface area contributed by atoms with Gasteiger partial charge in [0.1, 0.15) is 5.82 Å². The van der Waals surface area contributed by atoms with Crippen LogP contribution in [0.15, 0.2) is 30.3 Å². The monoisotopic (exact) mass is 273 g/mol. The second-order valence-electron chi connectivity index (χ2n) is 4.37. The van der Waals surface area contributed by atoms with E-state index in [1.807, 2.05) is 24.3 Å². The van der Waals surface area contributed by atoms with E-state index in [0.717, 1.165) is 10.9 Å². The number of primary amides is 1. The Kier molecular flexibility index (Phi) is 4.14. The van der Waals surface area contributed by atoms with Gasteiger partial charge in [-0.15, -0.1) is 0 Å². The molecule has 2 rings (SSSR count). The highest BCUT2D eigenvalue weighted by Gasteiger charge is 2.11. The van der Waals surface area contributed by atoms with E-state index in [9.17, 15) is 9.59 Å². The van der Waals surface area contributed by atoms with Crippen LogP contribution in [0.1, 0.15) is 23.2 Å². The maximum atomic E-state index is 11.5. The van der Waals surface area contributed by atoms with Gasteiger partial charge in [0, 0.05) is 18.4 Å². The fraction of sp³-hybridized carbons (Fsp3) is 0.214. The number of fused-ring (bicyclic) bond motifs is 1. The zero-order chi connectivity index (χ0) is 14.5. The Hall–Kier alpha value is -2.63. The number of rotatable bonds is 6. The van der Waals surface area contributed by atoms with Gasteiger partial charge in [-0.2, -0.15) is 0 Å². The number of pyridine rings is 1. The molecule has 0 fully saturated rings. The number of carbonyl (C=O) groups excluding carboxylic acids is 1. The maximum absolute atomic E-state index is 11.5. The molecular formula is C14H15N3O3. The molecule has 6 heteroatoms. The van der Waals surface area contributed by atoms with Gasteiger partial charge in [0.25, 0.3) is 5.91 Å². The average Bonchev–Trinajstić information content (AvgIpc) is 2.42. The third-order valence-electron chi connectivity index (χ3n) is 2.85. The summed E-state index contributed by atoms with van der Waals surface area (Å²) >= 11 is 0. The molecule has 2 aromatic rings. The van der Waals surface area contributed by atoms with Crippen molar-refractivity contribution in [2.75, 3.05) is 11.9 Å². The molecule has 4 N–H and O–H groups in total. The van der Waals surface area contributed by atoms with Crippen LogP contribution < -0.4 is 11.1 Å². The smallest absolute Gasteiger partial charge is 0.303 e. The van der Waals surface area contributed by atoms with Crippen molar-refractivity contribution in [2.24, 2.45) is 5.73 Å². The summed E-state index contributed by atoms with van der Waals surface area (Å²) in [5.74, 6) is -1.03.